The predicted octanol–water partition coefficient (Wildman–Crippen LogP) is 4.22. The lowest BCUT2D eigenvalue weighted by atomic mass is 9.69. The van der Waals surface area contributed by atoms with Crippen LogP contribution in [0.3, 0.4) is 0 Å². The molecule has 0 saturated heterocycles. The van der Waals surface area contributed by atoms with Gasteiger partial charge in [0.15, 0.2) is 0 Å². The molecule has 0 unspecified atom stereocenters. The number of oxime groups is 1. The molecule has 122 valence electrons. The summed E-state index contributed by atoms with van der Waals surface area (Å²) < 4.78 is 0. The van der Waals surface area contributed by atoms with Gasteiger partial charge in [-0.05, 0) is 16.7 Å². The number of fused-ring (bicyclic) bond motifs is 1. The molecule has 0 bridgehead atoms. The van der Waals surface area contributed by atoms with Crippen molar-refractivity contribution in [1.82, 2.24) is 0 Å². The Bertz CT molecular complexity index is 907. The first kappa shape index (κ1) is 15.3. The van der Waals surface area contributed by atoms with Crippen molar-refractivity contribution < 1.29 is 9.63 Å². The summed E-state index contributed by atoms with van der Waals surface area (Å²) in [4.78, 5) is 18.2. The quantitative estimate of drug-likeness (QED) is 0.676. The molecular formula is C22H17NO2. The summed E-state index contributed by atoms with van der Waals surface area (Å²) in [6, 6.07) is 27.7. The van der Waals surface area contributed by atoms with Gasteiger partial charge in [-0.3, -0.25) is 4.79 Å². The number of rotatable bonds is 3. The van der Waals surface area contributed by atoms with Gasteiger partial charge in [-0.15, -0.1) is 0 Å². The zero-order valence-corrected chi connectivity index (χ0v) is 13.8. The fraction of sp³-hybridized carbons (Fsp3) is 0.0909. The maximum atomic E-state index is 13.1. The van der Waals surface area contributed by atoms with Crippen molar-refractivity contribution in [2.75, 3.05) is 7.11 Å². The molecule has 0 atom stereocenters. The minimum absolute atomic E-state index is 0.0924. The highest BCUT2D eigenvalue weighted by Gasteiger charge is 2.52. The van der Waals surface area contributed by atoms with Crippen molar-refractivity contribution in [2.45, 2.75) is 5.41 Å². The van der Waals surface area contributed by atoms with Crippen LogP contribution in [0.4, 0.5) is 0 Å². The lowest BCUT2D eigenvalue weighted by Crippen LogP contribution is -2.37. The Balaban J connectivity index is 2.16. The number of benzene rings is 3. The molecule has 0 heterocycles. The number of carbonyl (C=O) groups excluding carboxylic acids is 1. The number of Topliss-reactive ketones (excluding diaryl/α,β-unsaturated/α-hetero) is 1. The fourth-order valence-corrected chi connectivity index (χ4v) is 3.76. The van der Waals surface area contributed by atoms with E-state index in [2.05, 4.69) is 5.16 Å². The molecule has 0 fully saturated rings. The molecule has 3 aromatic carbocycles. The van der Waals surface area contributed by atoms with Crippen LogP contribution in [0.15, 0.2) is 90.1 Å². The summed E-state index contributed by atoms with van der Waals surface area (Å²) >= 11 is 0. The van der Waals surface area contributed by atoms with Gasteiger partial charge in [0.05, 0.1) is 5.41 Å². The molecule has 0 saturated carbocycles. The lowest BCUT2D eigenvalue weighted by Gasteiger charge is -2.31. The van der Waals surface area contributed by atoms with E-state index in [-0.39, 0.29) is 5.78 Å². The molecule has 3 heteroatoms. The van der Waals surface area contributed by atoms with Crippen LogP contribution in [-0.4, -0.2) is 18.6 Å². The standard InChI is InChI=1S/C22H17NO2/c1-25-23-21-20(24)18-14-8-9-15-19(18)22(21,16-10-4-2-5-11-16)17-12-6-3-7-13-17/h2-15H,1H3/b23-21-. The van der Waals surface area contributed by atoms with Gasteiger partial charge in [-0.25, -0.2) is 0 Å². The van der Waals surface area contributed by atoms with Gasteiger partial charge >= 0.3 is 0 Å². The van der Waals surface area contributed by atoms with E-state index in [0.29, 0.717) is 11.3 Å². The third-order valence-electron chi connectivity index (χ3n) is 4.74. The number of ketones is 1. The first-order valence-electron chi connectivity index (χ1n) is 8.17. The molecule has 25 heavy (non-hydrogen) atoms. The summed E-state index contributed by atoms with van der Waals surface area (Å²) in [7, 11) is 1.48. The lowest BCUT2D eigenvalue weighted by molar-refractivity contribution is 0.105. The number of hydrogen-bond donors (Lipinski definition) is 0. The van der Waals surface area contributed by atoms with E-state index in [1.165, 1.54) is 7.11 Å². The van der Waals surface area contributed by atoms with Crippen LogP contribution in [0.1, 0.15) is 27.0 Å². The molecule has 0 aliphatic heterocycles. The second-order valence-corrected chi connectivity index (χ2v) is 5.98. The van der Waals surface area contributed by atoms with Gasteiger partial charge in [-0.2, -0.15) is 0 Å². The summed E-state index contributed by atoms with van der Waals surface area (Å²) in [6.45, 7) is 0. The summed E-state index contributed by atoms with van der Waals surface area (Å²) in [6.07, 6.45) is 0. The molecule has 3 nitrogen and oxygen atoms in total. The molecule has 3 aromatic rings. The molecule has 0 amide bonds. The monoisotopic (exact) mass is 327 g/mol. The maximum absolute atomic E-state index is 13.1. The van der Waals surface area contributed by atoms with E-state index < -0.39 is 5.41 Å². The normalized spacial score (nSPS) is 16.7. The van der Waals surface area contributed by atoms with E-state index in [1.54, 1.807) is 0 Å². The Kier molecular flexibility index (Phi) is 3.69. The minimum atomic E-state index is -0.772. The third kappa shape index (κ3) is 2.13. The SMILES string of the molecule is CO/N=C1/C(=O)c2ccccc2C1(c1ccccc1)c1ccccc1. The topological polar surface area (TPSA) is 38.7 Å². The highest BCUT2D eigenvalue weighted by molar-refractivity contribution is 6.53. The van der Waals surface area contributed by atoms with Crippen molar-refractivity contribution in [1.29, 1.82) is 0 Å². The van der Waals surface area contributed by atoms with Crippen molar-refractivity contribution in [3.63, 3.8) is 0 Å². The van der Waals surface area contributed by atoms with Crippen LogP contribution in [0, 0.1) is 0 Å². The van der Waals surface area contributed by atoms with Gasteiger partial charge < -0.3 is 4.84 Å². The van der Waals surface area contributed by atoms with Gasteiger partial charge in [0, 0.05) is 5.56 Å². The van der Waals surface area contributed by atoms with Gasteiger partial charge in [0.2, 0.25) is 5.78 Å². The van der Waals surface area contributed by atoms with Crippen LogP contribution >= 0.6 is 0 Å². The highest BCUT2D eigenvalue weighted by atomic mass is 16.6. The Morgan fingerprint density at radius 3 is 1.84 bits per heavy atom. The van der Waals surface area contributed by atoms with E-state index in [4.69, 9.17) is 4.84 Å². The van der Waals surface area contributed by atoms with Crippen LogP contribution in [0.2, 0.25) is 0 Å². The van der Waals surface area contributed by atoms with E-state index in [9.17, 15) is 4.79 Å². The van der Waals surface area contributed by atoms with Crippen LogP contribution in [-0.2, 0) is 10.3 Å². The Morgan fingerprint density at radius 1 is 0.760 bits per heavy atom. The van der Waals surface area contributed by atoms with Crippen LogP contribution in [0.25, 0.3) is 0 Å². The average molecular weight is 327 g/mol. The summed E-state index contributed by atoms with van der Waals surface area (Å²) in [5, 5.41) is 4.19. The average Bonchev–Trinajstić information content (AvgIpc) is 2.93. The molecule has 1 aliphatic carbocycles. The number of nitrogens with zero attached hydrogens (tertiary/aromatic N) is 1. The molecule has 1 aliphatic rings. The van der Waals surface area contributed by atoms with Crippen molar-refractivity contribution in [3.05, 3.63) is 107 Å². The zero-order chi connectivity index (χ0) is 17.3. The molecule has 0 spiro atoms. The molecular weight excluding hydrogens is 310 g/mol. The predicted molar refractivity (Wildman–Crippen MR) is 98.0 cm³/mol. The molecule has 0 radical (unpaired) electrons. The number of carbonyl (C=O) groups is 1. The third-order valence-corrected chi connectivity index (χ3v) is 4.74. The van der Waals surface area contributed by atoms with Crippen molar-refractivity contribution in [2.24, 2.45) is 5.16 Å². The fourth-order valence-electron chi connectivity index (χ4n) is 3.76. The zero-order valence-electron chi connectivity index (χ0n) is 13.8. The molecule has 0 N–H and O–H groups in total. The maximum Gasteiger partial charge on any atom is 0.212 e. The van der Waals surface area contributed by atoms with Crippen LogP contribution in [0.5, 0.6) is 0 Å². The van der Waals surface area contributed by atoms with E-state index >= 15 is 0 Å². The Labute approximate surface area is 146 Å². The van der Waals surface area contributed by atoms with Gasteiger partial charge in [0.25, 0.3) is 0 Å². The smallest absolute Gasteiger partial charge is 0.212 e. The summed E-state index contributed by atoms with van der Waals surface area (Å²) in [5.74, 6) is -0.0924. The Morgan fingerprint density at radius 2 is 1.28 bits per heavy atom. The van der Waals surface area contributed by atoms with Gasteiger partial charge in [0.1, 0.15) is 12.8 Å². The number of hydrogen-bond acceptors (Lipinski definition) is 3. The second-order valence-electron chi connectivity index (χ2n) is 5.98. The Hall–Kier alpha value is -3.20. The van der Waals surface area contributed by atoms with Crippen molar-refractivity contribution >= 4 is 11.5 Å². The summed E-state index contributed by atoms with van der Waals surface area (Å²) in [5.41, 5.74) is 3.23. The van der Waals surface area contributed by atoms with E-state index in [0.717, 1.165) is 16.7 Å². The first-order chi connectivity index (χ1) is 12.3. The van der Waals surface area contributed by atoms with Gasteiger partial charge in [-0.1, -0.05) is 90.1 Å². The molecule has 4 rings (SSSR count). The second kappa shape index (κ2) is 6.02. The van der Waals surface area contributed by atoms with Crippen molar-refractivity contribution in [3.8, 4) is 0 Å². The van der Waals surface area contributed by atoms with Crippen LogP contribution < -0.4 is 0 Å². The molecule has 0 aromatic heterocycles. The first-order valence-corrected chi connectivity index (χ1v) is 8.17. The van der Waals surface area contributed by atoms with E-state index in [1.807, 2.05) is 84.9 Å². The highest BCUT2D eigenvalue weighted by Crippen LogP contribution is 2.47. The minimum Gasteiger partial charge on any atom is -0.399 e. The largest absolute Gasteiger partial charge is 0.399 e.